The Bertz CT molecular complexity index is 405. The van der Waals surface area contributed by atoms with Crippen LogP contribution in [0.15, 0.2) is 12.3 Å². The van der Waals surface area contributed by atoms with E-state index in [0.29, 0.717) is 0 Å². The van der Waals surface area contributed by atoms with Crippen LogP contribution in [-0.4, -0.2) is 23.8 Å². The maximum Gasteiger partial charge on any atom is 0.379 e. The minimum Gasteiger partial charge on any atom is -0.463 e. The largest absolute Gasteiger partial charge is 0.463 e. The number of halogens is 1. The summed E-state index contributed by atoms with van der Waals surface area (Å²) in [7, 11) is 1.08. The Balaban J connectivity index is 3.17. The van der Waals surface area contributed by atoms with Crippen LogP contribution in [0.2, 0.25) is 5.02 Å². The SMILES string of the molecule is COC(=O)C(=O)c1cc(Cl)cnc1C[O]. The second-order valence-electron chi connectivity index (χ2n) is 2.61. The fourth-order valence-corrected chi connectivity index (χ4v) is 1.14. The molecule has 0 aliphatic carbocycles. The number of esters is 1. The number of pyridine rings is 1. The first-order chi connectivity index (χ1) is 7.10. The van der Waals surface area contributed by atoms with Crippen molar-refractivity contribution in [3.8, 4) is 0 Å². The number of rotatable bonds is 3. The first kappa shape index (κ1) is 11.6. The fraction of sp³-hybridized carbons (Fsp3) is 0.222. The van der Waals surface area contributed by atoms with E-state index >= 15 is 0 Å². The molecule has 1 heterocycles. The number of methoxy groups -OCH3 is 1. The Morgan fingerprint density at radius 3 is 2.73 bits per heavy atom. The van der Waals surface area contributed by atoms with Crippen molar-refractivity contribution in [1.82, 2.24) is 4.98 Å². The first-order valence-corrected chi connectivity index (χ1v) is 4.33. The van der Waals surface area contributed by atoms with Crippen molar-refractivity contribution in [3.63, 3.8) is 0 Å². The molecule has 0 aliphatic rings. The summed E-state index contributed by atoms with van der Waals surface area (Å²) in [5.74, 6) is -1.97. The van der Waals surface area contributed by atoms with E-state index in [4.69, 9.17) is 11.6 Å². The smallest absolute Gasteiger partial charge is 0.379 e. The Kier molecular flexibility index (Phi) is 3.76. The van der Waals surface area contributed by atoms with Crippen molar-refractivity contribution in [2.75, 3.05) is 7.11 Å². The number of Topliss-reactive ketones (excluding diaryl/α,β-unsaturated/α-hetero) is 1. The predicted molar refractivity (Wildman–Crippen MR) is 50.0 cm³/mol. The topological polar surface area (TPSA) is 76.2 Å². The number of carbonyl (C=O) groups is 2. The molecule has 1 radical (unpaired) electrons. The molecule has 0 spiro atoms. The third-order valence-corrected chi connectivity index (χ3v) is 1.90. The number of aromatic nitrogens is 1. The molecule has 15 heavy (non-hydrogen) atoms. The monoisotopic (exact) mass is 228 g/mol. The molecule has 0 fully saturated rings. The van der Waals surface area contributed by atoms with Gasteiger partial charge in [0.25, 0.3) is 5.78 Å². The van der Waals surface area contributed by atoms with E-state index in [1.807, 2.05) is 0 Å². The van der Waals surface area contributed by atoms with Crippen LogP contribution < -0.4 is 0 Å². The summed E-state index contributed by atoms with van der Waals surface area (Å²) < 4.78 is 4.24. The fourth-order valence-electron chi connectivity index (χ4n) is 0.982. The normalized spacial score (nSPS) is 9.80. The Morgan fingerprint density at radius 2 is 2.20 bits per heavy atom. The van der Waals surface area contributed by atoms with Gasteiger partial charge in [-0.2, -0.15) is 0 Å². The van der Waals surface area contributed by atoms with E-state index in [2.05, 4.69) is 9.72 Å². The number of nitrogens with zero attached hydrogens (tertiary/aromatic N) is 1. The van der Waals surface area contributed by atoms with Crippen LogP contribution in [-0.2, 0) is 21.2 Å². The molecule has 0 bridgehead atoms. The van der Waals surface area contributed by atoms with Gasteiger partial charge < -0.3 is 4.74 Å². The van der Waals surface area contributed by atoms with Gasteiger partial charge in [0.1, 0.15) is 6.61 Å². The lowest BCUT2D eigenvalue weighted by molar-refractivity contribution is -0.135. The maximum atomic E-state index is 11.4. The minimum atomic E-state index is -1.05. The zero-order valence-electron chi connectivity index (χ0n) is 7.82. The van der Waals surface area contributed by atoms with Gasteiger partial charge in [0, 0.05) is 6.20 Å². The highest BCUT2D eigenvalue weighted by Crippen LogP contribution is 2.14. The van der Waals surface area contributed by atoms with Gasteiger partial charge in [-0.05, 0) is 6.07 Å². The molecule has 0 aromatic carbocycles. The van der Waals surface area contributed by atoms with E-state index in [9.17, 15) is 14.7 Å². The molecule has 0 saturated heterocycles. The third-order valence-electron chi connectivity index (χ3n) is 1.69. The van der Waals surface area contributed by atoms with Crippen molar-refractivity contribution in [2.45, 2.75) is 6.61 Å². The molecule has 5 nitrogen and oxygen atoms in total. The molecule has 1 aromatic rings. The van der Waals surface area contributed by atoms with E-state index in [-0.39, 0.29) is 16.3 Å². The Labute approximate surface area is 90.6 Å². The molecule has 0 atom stereocenters. The lowest BCUT2D eigenvalue weighted by Crippen LogP contribution is -2.18. The van der Waals surface area contributed by atoms with Crippen LogP contribution >= 0.6 is 11.6 Å². The van der Waals surface area contributed by atoms with Crippen molar-refractivity contribution in [3.05, 3.63) is 28.5 Å². The highest BCUT2D eigenvalue weighted by Gasteiger charge is 2.21. The molecule has 0 N–H and O–H groups in total. The van der Waals surface area contributed by atoms with Crippen LogP contribution in [0.25, 0.3) is 0 Å². The lowest BCUT2D eigenvalue weighted by Gasteiger charge is -2.03. The predicted octanol–water partition coefficient (Wildman–Crippen LogP) is 1.02. The Morgan fingerprint density at radius 1 is 1.53 bits per heavy atom. The van der Waals surface area contributed by atoms with Crippen molar-refractivity contribution < 1.29 is 19.4 Å². The number of hydrogen-bond acceptors (Lipinski definition) is 4. The van der Waals surface area contributed by atoms with Gasteiger partial charge in [-0.15, -0.1) is 0 Å². The van der Waals surface area contributed by atoms with E-state index < -0.39 is 18.4 Å². The van der Waals surface area contributed by atoms with E-state index in [1.165, 1.54) is 12.3 Å². The number of ether oxygens (including phenoxy) is 1. The van der Waals surface area contributed by atoms with Crippen molar-refractivity contribution in [2.24, 2.45) is 0 Å². The lowest BCUT2D eigenvalue weighted by atomic mass is 10.1. The van der Waals surface area contributed by atoms with Crippen LogP contribution in [0, 0.1) is 0 Å². The molecule has 6 heteroatoms. The molecule has 0 amide bonds. The molecule has 0 saturated carbocycles. The van der Waals surface area contributed by atoms with Gasteiger partial charge in [-0.25, -0.2) is 9.90 Å². The summed E-state index contributed by atoms with van der Waals surface area (Å²) in [5.41, 5.74) is -0.126. The van der Waals surface area contributed by atoms with Crippen molar-refractivity contribution >= 4 is 23.4 Å². The molecule has 1 aromatic heterocycles. The summed E-state index contributed by atoms with van der Waals surface area (Å²) in [6.07, 6.45) is 1.24. The molecule has 0 unspecified atom stereocenters. The highest BCUT2D eigenvalue weighted by atomic mass is 35.5. The molecule has 0 aliphatic heterocycles. The summed E-state index contributed by atoms with van der Waals surface area (Å²) in [6.45, 7) is -0.699. The van der Waals surface area contributed by atoms with Crippen molar-refractivity contribution in [1.29, 1.82) is 0 Å². The molecule has 79 valence electrons. The van der Waals surface area contributed by atoms with Crippen LogP contribution in [0.5, 0.6) is 0 Å². The zero-order chi connectivity index (χ0) is 11.4. The van der Waals surface area contributed by atoms with Gasteiger partial charge in [0.05, 0.1) is 23.4 Å². The zero-order valence-corrected chi connectivity index (χ0v) is 8.58. The van der Waals surface area contributed by atoms with Gasteiger partial charge in [-0.3, -0.25) is 9.78 Å². The molecule has 1 rings (SSSR count). The molecular weight excluding hydrogens is 222 g/mol. The standard InChI is InChI=1S/C9H7ClNO4/c1-15-9(14)8(13)6-2-5(10)3-11-7(6)4-12/h2-3H,4H2,1H3. The van der Waals surface area contributed by atoms with Crippen LogP contribution in [0.3, 0.4) is 0 Å². The second-order valence-corrected chi connectivity index (χ2v) is 3.05. The summed E-state index contributed by atoms with van der Waals surface area (Å²) in [5, 5.41) is 10.8. The third kappa shape index (κ3) is 2.51. The Hall–Kier alpha value is -1.46. The number of carbonyl (C=O) groups excluding carboxylic acids is 2. The van der Waals surface area contributed by atoms with Gasteiger partial charge >= 0.3 is 5.97 Å². The maximum absolute atomic E-state index is 11.4. The van der Waals surface area contributed by atoms with Crippen LogP contribution in [0.1, 0.15) is 16.1 Å². The van der Waals surface area contributed by atoms with Gasteiger partial charge in [0.15, 0.2) is 0 Å². The van der Waals surface area contributed by atoms with Crippen LogP contribution in [0.4, 0.5) is 0 Å². The van der Waals surface area contributed by atoms with Gasteiger partial charge in [-0.1, -0.05) is 11.6 Å². The van der Waals surface area contributed by atoms with Gasteiger partial charge in [0.2, 0.25) is 0 Å². The summed E-state index contributed by atoms with van der Waals surface area (Å²) in [4.78, 5) is 26.0. The second kappa shape index (κ2) is 4.86. The average molecular weight is 229 g/mol. The minimum absolute atomic E-state index is 0.0187. The van der Waals surface area contributed by atoms with E-state index in [0.717, 1.165) is 7.11 Å². The quantitative estimate of drug-likeness (QED) is 0.440. The average Bonchev–Trinajstić information content (AvgIpc) is 2.27. The summed E-state index contributed by atoms with van der Waals surface area (Å²) >= 11 is 5.60. The number of hydrogen-bond donors (Lipinski definition) is 0. The highest BCUT2D eigenvalue weighted by molar-refractivity contribution is 6.41. The number of ketones is 1. The first-order valence-electron chi connectivity index (χ1n) is 3.95. The van der Waals surface area contributed by atoms with E-state index in [1.54, 1.807) is 0 Å². The molecular formula is C9H7ClNO4. The summed E-state index contributed by atoms with van der Waals surface area (Å²) in [6, 6.07) is 1.22.